The Morgan fingerprint density at radius 3 is 2.35 bits per heavy atom. The fourth-order valence-corrected chi connectivity index (χ4v) is 1.56. The molecule has 0 aliphatic rings. The summed E-state index contributed by atoms with van der Waals surface area (Å²) in [6.45, 7) is 2.62. The lowest BCUT2D eigenvalue weighted by Gasteiger charge is -2.05. The van der Waals surface area contributed by atoms with Crippen molar-refractivity contribution in [2.75, 3.05) is 6.61 Å². The van der Waals surface area contributed by atoms with Crippen LogP contribution in [0.3, 0.4) is 0 Å². The largest absolute Gasteiger partial charge is 0.494 e. The van der Waals surface area contributed by atoms with Crippen molar-refractivity contribution in [3.05, 3.63) is 48.3 Å². The first kappa shape index (κ1) is 11.3. The molecule has 3 nitrogen and oxygen atoms in total. The van der Waals surface area contributed by atoms with Crippen LogP contribution in [0.4, 0.5) is 0 Å². The Balaban J connectivity index is 2.23. The Morgan fingerprint density at radius 2 is 1.82 bits per heavy atom. The molecule has 0 radical (unpaired) electrons. The molecular weight excluding hydrogens is 214 g/mol. The number of rotatable bonds is 4. The van der Waals surface area contributed by atoms with Crippen molar-refractivity contribution in [3.63, 3.8) is 0 Å². The van der Waals surface area contributed by atoms with E-state index in [9.17, 15) is 4.79 Å². The van der Waals surface area contributed by atoms with Gasteiger partial charge in [-0.05, 0) is 30.7 Å². The van der Waals surface area contributed by atoms with Crippen LogP contribution < -0.4 is 4.74 Å². The number of benzene rings is 1. The van der Waals surface area contributed by atoms with E-state index in [0.717, 1.165) is 23.2 Å². The predicted octanol–water partition coefficient (Wildman–Crippen LogP) is 2.96. The molecule has 0 atom stereocenters. The lowest BCUT2D eigenvalue weighted by Crippen LogP contribution is -1.91. The number of aldehydes is 1. The standard InChI is InChI=1S/C14H13NO2/c1-2-17-14-7-4-11(5-8-14)12-3-6-13(10-16)15-9-12/h3-10H,2H2,1H3. The van der Waals surface area contributed by atoms with Crippen LogP contribution in [0, 0.1) is 0 Å². The summed E-state index contributed by atoms with van der Waals surface area (Å²) in [6.07, 6.45) is 2.43. The molecule has 0 spiro atoms. The molecule has 0 amide bonds. The summed E-state index contributed by atoms with van der Waals surface area (Å²) in [7, 11) is 0. The molecule has 0 saturated heterocycles. The van der Waals surface area contributed by atoms with Crippen molar-refractivity contribution in [3.8, 4) is 16.9 Å². The Labute approximate surface area is 100 Å². The number of carbonyl (C=O) groups excluding carboxylic acids is 1. The Kier molecular flexibility index (Phi) is 3.50. The highest BCUT2D eigenvalue weighted by Gasteiger charge is 1.99. The Bertz CT molecular complexity index is 489. The van der Waals surface area contributed by atoms with Crippen molar-refractivity contribution in [2.45, 2.75) is 6.92 Å². The maximum atomic E-state index is 10.5. The third-order valence-electron chi connectivity index (χ3n) is 2.41. The first-order valence-corrected chi connectivity index (χ1v) is 5.48. The summed E-state index contributed by atoms with van der Waals surface area (Å²) in [5.41, 5.74) is 2.48. The zero-order chi connectivity index (χ0) is 12.1. The minimum Gasteiger partial charge on any atom is -0.494 e. The third-order valence-corrected chi connectivity index (χ3v) is 2.41. The number of carbonyl (C=O) groups is 1. The van der Waals surface area contributed by atoms with E-state index in [1.807, 2.05) is 37.3 Å². The summed E-state index contributed by atoms with van der Waals surface area (Å²) >= 11 is 0. The monoisotopic (exact) mass is 227 g/mol. The minimum atomic E-state index is 0.444. The van der Waals surface area contributed by atoms with Crippen LogP contribution in [0.1, 0.15) is 17.4 Å². The molecule has 86 valence electrons. The molecule has 0 aliphatic heterocycles. The highest BCUT2D eigenvalue weighted by atomic mass is 16.5. The maximum absolute atomic E-state index is 10.5. The second kappa shape index (κ2) is 5.25. The molecule has 2 aromatic rings. The quantitative estimate of drug-likeness (QED) is 0.754. The van der Waals surface area contributed by atoms with E-state index in [-0.39, 0.29) is 0 Å². The van der Waals surface area contributed by atoms with E-state index < -0.39 is 0 Å². The summed E-state index contributed by atoms with van der Waals surface area (Å²) in [5, 5.41) is 0. The zero-order valence-corrected chi connectivity index (χ0v) is 9.59. The molecule has 0 fully saturated rings. The van der Waals surface area contributed by atoms with E-state index >= 15 is 0 Å². The lowest BCUT2D eigenvalue weighted by atomic mass is 10.1. The predicted molar refractivity (Wildman–Crippen MR) is 66.2 cm³/mol. The van der Waals surface area contributed by atoms with Gasteiger partial charge in [0.05, 0.1) is 6.61 Å². The number of hydrogen-bond acceptors (Lipinski definition) is 3. The van der Waals surface area contributed by atoms with E-state index in [1.54, 1.807) is 12.3 Å². The lowest BCUT2D eigenvalue weighted by molar-refractivity contribution is 0.111. The summed E-state index contributed by atoms with van der Waals surface area (Å²) in [6, 6.07) is 11.4. The normalized spacial score (nSPS) is 9.94. The number of aromatic nitrogens is 1. The van der Waals surface area contributed by atoms with Crippen molar-refractivity contribution >= 4 is 6.29 Å². The van der Waals surface area contributed by atoms with E-state index in [2.05, 4.69) is 4.98 Å². The molecule has 0 saturated carbocycles. The zero-order valence-electron chi connectivity index (χ0n) is 9.59. The van der Waals surface area contributed by atoms with Crippen LogP contribution in [0.5, 0.6) is 5.75 Å². The molecule has 0 N–H and O–H groups in total. The van der Waals surface area contributed by atoms with Crippen LogP contribution in [0.2, 0.25) is 0 Å². The van der Waals surface area contributed by atoms with Gasteiger partial charge in [0.25, 0.3) is 0 Å². The van der Waals surface area contributed by atoms with Gasteiger partial charge < -0.3 is 4.74 Å². The Morgan fingerprint density at radius 1 is 1.12 bits per heavy atom. The van der Waals surface area contributed by atoms with E-state index in [0.29, 0.717) is 12.3 Å². The molecular formula is C14H13NO2. The Hall–Kier alpha value is -2.16. The third kappa shape index (κ3) is 2.69. The van der Waals surface area contributed by atoms with E-state index in [4.69, 9.17) is 4.74 Å². The molecule has 2 rings (SSSR count). The van der Waals surface area contributed by atoms with Crippen LogP contribution in [0.25, 0.3) is 11.1 Å². The second-order valence-electron chi connectivity index (χ2n) is 3.55. The summed E-state index contributed by atoms with van der Waals surface area (Å²) < 4.78 is 5.37. The first-order valence-electron chi connectivity index (χ1n) is 5.48. The van der Waals surface area contributed by atoms with Gasteiger partial charge in [0.15, 0.2) is 6.29 Å². The van der Waals surface area contributed by atoms with Crippen LogP contribution in [-0.2, 0) is 0 Å². The summed E-state index contributed by atoms with van der Waals surface area (Å²) in [4.78, 5) is 14.5. The highest BCUT2D eigenvalue weighted by molar-refractivity contribution is 5.73. The van der Waals surface area contributed by atoms with Crippen molar-refractivity contribution in [2.24, 2.45) is 0 Å². The van der Waals surface area contributed by atoms with E-state index in [1.165, 1.54) is 0 Å². The molecule has 1 aromatic carbocycles. The number of pyridine rings is 1. The molecule has 0 aliphatic carbocycles. The van der Waals surface area contributed by atoms with Gasteiger partial charge in [0, 0.05) is 11.8 Å². The van der Waals surface area contributed by atoms with Crippen LogP contribution >= 0.6 is 0 Å². The average molecular weight is 227 g/mol. The van der Waals surface area contributed by atoms with Gasteiger partial charge in [-0.2, -0.15) is 0 Å². The second-order valence-corrected chi connectivity index (χ2v) is 3.55. The maximum Gasteiger partial charge on any atom is 0.168 e. The molecule has 3 heteroatoms. The van der Waals surface area contributed by atoms with Gasteiger partial charge in [-0.1, -0.05) is 18.2 Å². The fraction of sp³-hybridized carbons (Fsp3) is 0.143. The van der Waals surface area contributed by atoms with Crippen molar-refractivity contribution in [1.29, 1.82) is 0 Å². The van der Waals surface area contributed by atoms with Gasteiger partial charge in [-0.15, -0.1) is 0 Å². The number of hydrogen-bond donors (Lipinski definition) is 0. The van der Waals surface area contributed by atoms with Crippen molar-refractivity contribution in [1.82, 2.24) is 4.98 Å². The molecule has 0 bridgehead atoms. The smallest absolute Gasteiger partial charge is 0.168 e. The SMILES string of the molecule is CCOc1ccc(-c2ccc(C=O)nc2)cc1. The van der Waals surface area contributed by atoms with Gasteiger partial charge in [-0.3, -0.25) is 9.78 Å². The van der Waals surface area contributed by atoms with Crippen LogP contribution in [0.15, 0.2) is 42.6 Å². The average Bonchev–Trinajstić information content (AvgIpc) is 2.40. The molecule has 0 unspecified atom stereocenters. The van der Waals surface area contributed by atoms with Gasteiger partial charge >= 0.3 is 0 Å². The van der Waals surface area contributed by atoms with Crippen molar-refractivity contribution < 1.29 is 9.53 Å². The highest BCUT2D eigenvalue weighted by Crippen LogP contribution is 2.21. The fourth-order valence-electron chi connectivity index (χ4n) is 1.56. The number of nitrogens with zero attached hydrogens (tertiary/aromatic N) is 1. The molecule has 1 aromatic heterocycles. The number of ether oxygens (including phenoxy) is 1. The molecule has 1 heterocycles. The summed E-state index contributed by atoms with van der Waals surface area (Å²) in [5.74, 6) is 0.855. The van der Waals surface area contributed by atoms with Gasteiger partial charge in [-0.25, -0.2) is 0 Å². The minimum absolute atomic E-state index is 0.444. The first-order chi connectivity index (χ1) is 8.33. The molecule has 17 heavy (non-hydrogen) atoms. The van der Waals surface area contributed by atoms with Gasteiger partial charge in [0.2, 0.25) is 0 Å². The van der Waals surface area contributed by atoms with Gasteiger partial charge in [0.1, 0.15) is 11.4 Å². The van der Waals surface area contributed by atoms with Crippen LogP contribution in [-0.4, -0.2) is 17.9 Å². The topological polar surface area (TPSA) is 39.2 Å².